The van der Waals surface area contributed by atoms with Crippen molar-refractivity contribution in [3.63, 3.8) is 0 Å². The van der Waals surface area contributed by atoms with Gasteiger partial charge in [-0.15, -0.1) is 0 Å². The molecule has 4 nitrogen and oxygen atoms in total. The molecule has 3 aromatic heterocycles. The van der Waals surface area contributed by atoms with Crippen LogP contribution in [0, 0.1) is 0 Å². The normalized spacial score (nSPS) is 12.0. The molecule has 0 atom stereocenters. The highest BCUT2D eigenvalue weighted by Crippen LogP contribution is 2.45. The number of rotatable bonds is 3. The Labute approximate surface area is 207 Å². The maximum Gasteiger partial charge on any atom is 0.189 e. The van der Waals surface area contributed by atoms with Gasteiger partial charge in [0.1, 0.15) is 5.44 Å². The molecule has 36 heavy (non-hydrogen) atoms. The largest absolute Gasteiger partial charge is 0.307 e. The second kappa shape index (κ2) is 8.08. The summed E-state index contributed by atoms with van der Waals surface area (Å²) in [5, 5.41) is 6.25. The third kappa shape index (κ3) is 3.02. The van der Waals surface area contributed by atoms with Crippen molar-refractivity contribution < 1.29 is 4.57 Å². The van der Waals surface area contributed by atoms with E-state index < -0.39 is 7.14 Å². The lowest BCUT2D eigenvalue weighted by Gasteiger charge is -2.22. The van der Waals surface area contributed by atoms with Crippen LogP contribution in [0.5, 0.6) is 0 Å². The predicted octanol–water partition coefficient (Wildman–Crippen LogP) is 6.12. The van der Waals surface area contributed by atoms with Gasteiger partial charge in [0, 0.05) is 44.5 Å². The van der Waals surface area contributed by atoms with Crippen LogP contribution >= 0.6 is 7.14 Å². The van der Waals surface area contributed by atoms with Gasteiger partial charge in [-0.05, 0) is 17.5 Å². The summed E-state index contributed by atoms with van der Waals surface area (Å²) < 4.78 is 15.3. The highest BCUT2D eigenvalue weighted by molar-refractivity contribution is 7.85. The number of benzene rings is 4. The first-order chi connectivity index (χ1) is 17.7. The second-order valence-corrected chi connectivity index (χ2v) is 11.5. The Morgan fingerprint density at radius 1 is 0.500 bits per heavy atom. The van der Waals surface area contributed by atoms with Crippen LogP contribution in [0.25, 0.3) is 43.5 Å². The molecule has 0 bridgehead atoms. The maximum absolute atomic E-state index is 15.3. The molecule has 0 fully saturated rings. The first-order valence-corrected chi connectivity index (χ1v) is 13.5. The zero-order valence-electron chi connectivity index (χ0n) is 19.2. The highest BCUT2D eigenvalue weighted by Gasteiger charge is 2.33. The molecule has 170 valence electrons. The van der Waals surface area contributed by atoms with Gasteiger partial charge in [-0.25, -0.2) is 4.98 Å². The van der Waals surface area contributed by atoms with Gasteiger partial charge in [0.15, 0.2) is 7.14 Å². The maximum atomic E-state index is 15.3. The molecule has 0 saturated carbocycles. The van der Waals surface area contributed by atoms with Crippen molar-refractivity contribution in [1.29, 1.82) is 0 Å². The van der Waals surface area contributed by atoms with Crippen molar-refractivity contribution in [3.8, 4) is 0 Å². The van der Waals surface area contributed by atoms with Gasteiger partial charge in [-0.1, -0.05) is 97.1 Å². The second-order valence-electron chi connectivity index (χ2n) is 8.82. The summed E-state index contributed by atoms with van der Waals surface area (Å²) in [6.45, 7) is 0. The number of hydrogen-bond acceptors (Lipinski definition) is 4. The fourth-order valence-corrected chi connectivity index (χ4v) is 7.84. The SMILES string of the molecule is O=P(c1ccccc1)(c1ccccc1)c1nc2c(cnc3c2ccc2cccnc23)c2ccccc12. The zero-order valence-corrected chi connectivity index (χ0v) is 20.1. The Morgan fingerprint density at radius 2 is 1.17 bits per heavy atom. The molecule has 4 aromatic carbocycles. The van der Waals surface area contributed by atoms with Crippen molar-refractivity contribution in [2.24, 2.45) is 0 Å². The lowest BCUT2D eigenvalue weighted by Crippen LogP contribution is -2.27. The highest BCUT2D eigenvalue weighted by atomic mass is 31.2. The van der Waals surface area contributed by atoms with Crippen molar-refractivity contribution in [3.05, 3.63) is 122 Å². The molecule has 7 rings (SSSR count). The smallest absolute Gasteiger partial charge is 0.189 e. The summed E-state index contributed by atoms with van der Waals surface area (Å²) in [6.07, 6.45) is 3.66. The Bertz CT molecular complexity index is 1930. The van der Waals surface area contributed by atoms with Crippen molar-refractivity contribution in [1.82, 2.24) is 15.0 Å². The van der Waals surface area contributed by atoms with E-state index in [1.807, 2.05) is 97.2 Å². The van der Waals surface area contributed by atoms with Crippen LogP contribution in [-0.2, 0) is 4.57 Å². The number of hydrogen-bond donors (Lipinski definition) is 0. The molecule has 7 aromatic rings. The van der Waals surface area contributed by atoms with E-state index in [1.165, 1.54) is 0 Å². The molecular formula is C31H20N3OP. The van der Waals surface area contributed by atoms with Gasteiger partial charge in [-0.3, -0.25) is 9.97 Å². The number of pyridine rings is 3. The van der Waals surface area contributed by atoms with Crippen LogP contribution in [0.3, 0.4) is 0 Å². The van der Waals surface area contributed by atoms with E-state index in [9.17, 15) is 0 Å². The molecular weight excluding hydrogens is 461 g/mol. The van der Waals surface area contributed by atoms with E-state index in [4.69, 9.17) is 9.97 Å². The van der Waals surface area contributed by atoms with Crippen LogP contribution in [-0.4, -0.2) is 15.0 Å². The number of fused-ring (bicyclic) bond motifs is 7. The number of aromatic nitrogens is 3. The van der Waals surface area contributed by atoms with Crippen LogP contribution in [0.1, 0.15) is 0 Å². The summed E-state index contributed by atoms with van der Waals surface area (Å²) in [6, 6.07) is 35.5. The molecule has 0 aliphatic rings. The topological polar surface area (TPSA) is 55.7 Å². The molecule has 0 aliphatic carbocycles. The molecule has 0 amide bonds. The van der Waals surface area contributed by atoms with Gasteiger partial charge in [0.2, 0.25) is 0 Å². The molecule has 0 unspecified atom stereocenters. The lowest BCUT2D eigenvalue weighted by atomic mass is 10.0. The minimum atomic E-state index is -3.30. The third-order valence-electron chi connectivity index (χ3n) is 6.79. The van der Waals surface area contributed by atoms with Crippen LogP contribution < -0.4 is 16.0 Å². The van der Waals surface area contributed by atoms with Gasteiger partial charge in [0.25, 0.3) is 0 Å². The average molecular weight is 481 g/mol. The first-order valence-electron chi connectivity index (χ1n) is 11.8. The molecule has 0 spiro atoms. The third-order valence-corrected chi connectivity index (χ3v) is 9.78. The molecule has 0 saturated heterocycles. The summed E-state index contributed by atoms with van der Waals surface area (Å²) in [7, 11) is -3.30. The van der Waals surface area contributed by atoms with Crippen LogP contribution in [0.15, 0.2) is 122 Å². The molecule has 0 radical (unpaired) electrons. The molecule has 0 aliphatic heterocycles. The first kappa shape index (κ1) is 20.9. The fraction of sp³-hybridized carbons (Fsp3) is 0. The summed E-state index contributed by atoms with van der Waals surface area (Å²) in [4.78, 5) is 14.7. The lowest BCUT2D eigenvalue weighted by molar-refractivity contribution is 0.592. The van der Waals surface area contributed by atoms with Crippen LogP contribution in [0.2, 0.25) is 0 Å². The van der Waals surface area contributed by atoms with E-state index in [2.05, 4.69) is 23.2 Å². The Balaban J connectivity index is 1.68. The van der Waals surface area contributed by atoms with E-state index in [1.54, 1.807) is 6.20 Å². The Kier molecular flexibility index (Phi) is 4.70. The monoisotopic (exact) mass is 481 g/mol. The molecule has 5 heteroatoms. The fourth-order valence-electron chi connectivity index (χ4n) is 5.09. The summed E-state index contributed by atoms with van der Waals surface area (Å²) >= 11 is 0. The molecule has 3 heterocycles. The minimum absolute atomic E-state index is 0.594. The standard InChI is InChI=1S/C31H20N3OP/c35-36(22-11-3-1-4-12-22,23-13-5-2-6-14-23)31-25-16-8-7-15-24(25)27-20-33-30-26(29(27)34-31)18-17-21-10-9-19-32-28(21)30/h1-20H. The van der Waals surface area contributed by atoms with Crippen molar-refractivity contribution in [2.75, 3.05) is 0 Å². The minimum Gasteiger partial charge on any atom is -0.307 e. The summed E-state index contributed by atoms with van der Waals surface area (Å²) in [5.41, 5.74) is 3.01. The Hall–Kier alpha value is -4.40. The number of nitrogens with zero attached hydrogens (tertiary/aromatic N) is 3. The molecule has 0 N–H and O–H groups in total. The van der Waals surface area contributed by atoms with E-state index in [0.29, 0.717) is 5.44 Å². The van der Waals surface area contributed by atoms with Crippen molar-refractivity contribution >= 4 is 66.7 Å². The van der Waals surface area contributed by atoms with Gasteiger partial charge in [0.05, 0.1) is 16.6 Å². The summed E-state index contributed by atoms with van der Waals surface area (Å²) in [5.74, 6) is 0. The average Bonchev–Trinajstić information content (AvgIpc) is 2.96. The predicted molar refractivity (Wildman–Crippen MR) is 149 cm³/mol. The van der Waals surface area contributed by atoms with E-state index in [-0.39, 0.29) is 0 Å². The zero-order chi connectivity index (χ0) is 24.1. The van der Waals surface area contributed by atoms with Crippen molar-refractivity contribution in [2.45, 2.75) is 0 Å². The van der Waals surface area contributed by atoms with Gasteiger partial charge < -0.3 is 4.57 Å². The van der Waals surface area contributed by atoms with Gasteiger partial charge in [-0.2, -0.15) is 0 Å². The van der Waals surface area contributed by atoms with E-state index >= 15 is 4.57 Å². The quantitative estimate of drug-likeness (QED) is 0.225. The Morgan fingerprint density at radius 3 is 1.89 bits per heavy atom. The van der Waals surface area contributed by atoms with Gasteiger partial charge >= 0.3 is 0 Å². The van der Waals surface area contributed by atoms with Crippen LogP contribution in [0.4, 0.5) is 0 Å². The van der Waals surface area contributed by atoms with E-state index in [0.717, 1.165) is 54.1 Å².